The molecule has 0 aliphatic carbocycles. The fourth-order valence-corrected chi connectivity index (χ4v) is 13.9. The molecule has 0 rings (SSSR count). The molecule has 2 unspecified atom stereocenters. The van der Waals surface area contributed by atoms with Crippen LogP contribution in [0.1, 0.15) is 414 Å². The molecule has 0 bridgehead atoms. The van der Waals surface area contributed by atoms with E-state index in [4.69, 9.17) is 37.0 Å². The average Bonchev–Trinajstić information content (AvgIpc) is 0.952. The number of ether oxygens (including phenoxy) is 4. The van der Waals surface area contributed by atoms with E-state index in [-0.39, 0.29) is 25.7 Å². The van der Waals surface area contributed by atoms with Crippen LogP contribution in [0.3, 0.4) is 0 Å². The number of unbranched alkanes of at least 4 members (excludes halogenated alkanes) is 46. The van der Waals surface area contributed by atoms with Gasteiger partial charge in [0.25, 0.3) is 0 Å². The van der Waals surface area contributed by atoms with Crippen LogP contribution in [0, 0.1) is 17.8 Å². The summed E-state index contributed by atoms with van der Waals surface area (Å²) >= 11 is 0. The largest absolute Gasteiger partial charge is 0.472 e. The summed E-state index contributed by atoms with van der Waals surface area (Å²) in [6, 6.07) is 0. The summed E-state index contributed by atoms with van der Waals surface area (Å²) in [5.74, 6) is 0.0816. The van der Waals surface area contributed by atoms with Gasteiger partial charge in [0.05, 0.1) is 26.4 Å². The third-order valence-electron chi connectivity index (χ3n) is 18.6. The van der Waals surface area contributed by atoms with E-state index in [0.29, 0.717) is 37.5 Å². The molecule has 0 aliphatic rings. The maximum Gasteiger partial charge on any atom is 0.472 e. The Morgan fingerprint density at radius 1 is 0.273 bits per heavy atom. The Morgan fingerprint density at radius 2 is 0.465 bits per heavy atom. The number of esters is 4. The Labute approximate surface area is 607 Å². The number of carbonyl (C=O) groups excluding carboxylic acids is 4. The molecule has 3 N–H and O–H groups in total. The molecule has 588 valence electrons. The minimum absolute atomic E-state index is 0.103. The van der Waals surface area contributed by atoms with E-state index in [0.717, 1.165) is 102 Å². The molecular formula is C80H156O17P2. The smallest absolute Gasteiger partial charge is 0.462 e. The molecule has 19 heteroatoms. The molecule has 0 amide bonds. The predicted octanol–water partition coefficient (Wildman–Crippen LogP) is 23.7. The van der Waals surface area contributed by atoms with Crippen LogP contribution in [0.25, 0.3) is 0 Å². The summed E-state index contributed by atoms with van der Waals surface area (Å²) in [7, 11) is -9.92. The van der Waals surface area contributed by atoms with Gasteiger partial charge in [-0.05, 0) is 43.4 Å². The van der Waals surface area contributed by atoms with Crippen molar-refractivity contribution in [1.29, 1.82) is 0 Å². The van der Waals surface area contributed by atoms with Crippen molar-refractivity contribution < 1.29 is 80.2 Å². The van der Waals surface area contributed by atoms with Crippen molar-refractivity contribution in [2.24, 2.45) is 17.8 Å². The fourth-order valence-electron chi connectivity index (χ4n) is 12.3. The van der Waals surface area contributed by atoms with Crippen molar-refractivity contribution in [3.63, 3.8) is 0 Å². The molecule has 0 heterocycles. The number of hydrogen-bond donors (Lipinski definition) is 3. The molecule has 0 saturated carbocycles. The van der Waals surface area contributed by atoms with Gasteiger partial charge in [0.1, 0.15) is 19.3 Å². The van der Waals surface area contributed by atoms with Crippen molar-refractivity contribution in [1.82, 2.24) is 0 Å². The van der Waals surface area contributed by atoms with E-state index < -0.39 is 97.5 Å². The van der Waals surface area contributed by atoms with Crippen molar-refractivity contribution >= 4 is 39.5 Å². The van der Waals surface area contributed by atoms with Gasteiger partial charge in [-0.3, -0.25) is 37.3 Å². The first kappa shape index (κ1) is 97.1. The number of phosphoric acid groups is 2. The van der Waals surface area contributed by atoms with Crippen LogP contribution >= 0.6 is 15.6 Å². The minimum Gasteiger partial charge on any atom is -0.462 e. The summed E-state index contributed by atoms with van der Waals surface area (Å²) in [6.45, 7) is 11.8. The van der Waals surface area contributed by atoms with Crippen LogP contribution < -0.4 is 0 Å². The Morgan fingerprint density at radius 3 is 0.687 bits per heavy atom. The molecular weight excluding hydrogens is 1290 g/mol. The third-order valence-corrected chi connectivity index (χ3v) is 20.5. The SMILES string of the molecule is CCCCCCCCCCCCCCCCCCCCCCCCC(=O)O[C@H](COC(=O)CCCCCCCCCCCCCCCCC(C)C)COP(=O)(O)OC[C@@H](O)COP(=O)(O)OC[C@@H](COC(=O)CCCCCCCCCC(C)C)OC(=O)CCCCCCCCCC(C)C. The summed E-state index contributed by atoms with van der Waals surface area (Å²) in [5.41, 5.74) is 0. The second kappa shape index (κ2) is 70.4. The van der Waals surface area contributed by atoms with Gasteiger partial charge in [0.2, 0.25) is 0 Å². The number of phosphoric ester groups is 2. The van der Waals surface area contributed by atoms with Gasteiger partial charge in [0, 0.05) is 25.7 Å². The molecule has 0 aliphatic heterocycles. The standard InChI is InChI=1S/C80H156O17P2/c1-8-9-10-11-12-13-14-15-16-17-18-19-20-21-22-23-28-31-34-41-49-56-63-79(84)96-75(67-90-77(82)61-54-47-40-33-30-27-25-24-26-29-32-37-44-51-58-71(2)3)69-94-98(86,87)92-65-74(81)66-93-99(88,89)95-70-76(97-80(85)64-57-50-43-36-39-46-53-60-73(6)7)68-91-78(83)62-55-48-42-35-38-45-52-59-72(4)5/h71-76,81H,8-70H2,1-7H3,(H,86,87)(H,88,89)/t74-,75-,76-/m1/s1. The summed E-state index contributed by atoms with van der Waals surface area (Å²) in [6.07, 6.45) is 58.7. The van der Waals surface area contributed by atoms with Crippen molar-refractivity contribution in [3.05, 3.63) is 0 Å². The average molecular weight is 1450 g/mol. The third kappa shape index (κ3) is 74.1. The molecule has 0 aromatic carbocycles. The van der Waals surface area contributed by atoms with Gasteiger partial charge >= 0.3 is 39.5 Å². The van der Waals surface area contributed by atoms with E-state index in [1.54, 1.807) is 0 Å². The second-order valence-corrected chi connectivity index (χ2v) is 33.1. The summed E-state index contributed by atoms with van der Waals surface area (Å²) < 4.78 is 68.6. The van der Waals surface area contributed by atoms with E-state index >= 15 is 0 Å². The van der Waals surface area contributed by atoms with E-state index in [1.807, 2.05) is 0 Å². The highest BCUT2D eigenvalue weighted by molar-refractivity contribution is 7.47. The lowest BCUT2D eigenvalue weighted by Gasteiger charge is -2.21. The maximum absolute atomic E-state index is 13.1. The Balaban J connectivity index is 5.19. The highest BCUT2D eigenvalue weighted by atomic mass is 31.2. The van der Waals surface area contributed by atoms with Crippen LogP contribution in [0.4, 0.5) is 0 Å². The molecule has 5 atom stereocenters. The highest BCUT2D eigenvalue weighted by Gasteiger charge is 2.30. The zero-order valence-electron chi connectivity index (χ0n) is 65.0. The zero-order chi connectivity index (χ0) is 73.0. The van der Waals surface area contributed by atoms with E-state index in [2.05, 4.69) is 48.5 Å². The van der Waals surface area contributed by atoms with Gasteiger partial charge in [-0.2, -0.15) is 0 Å². The summed E-state index contributed by atoms with van der Waals surface area (Å²) in [5, 5.41) is 10.6. The number of rotatable bonds is 78. The maximum atomic E-state index is 13.1. The molecule has 0 aromatic heterocycles. The molecule has 0 saturated heterocycles. The first-order valence-corrected chi connectivity index (χ1v) is 44.3. The van der Waals surface area contributed by atoms with Crippen molar-refractivity contribution in [3.8, 4) is 0 Å². The van der Waals surface area contributed by atoms with Crippen LogP contribution in [-0.4, -0.2) is 96.7 Å². The summed E-state index contributed by atoms with van der Waals surface area (Å²) in [4.78, 5) is 72.9. The predicted molar refractivity (Wildman–Crippen MR) is 405 cm³/mol. The van der Waals surface area contributed by atoms with Crippen LogP contribution in [0.5, 0.6) is 0 Å². The topological polar surface area (TPSA) is 237 Å². The van der Waals surface area contributed by atoms with Crippen molar-refractivity contribution in [2.45, 2.75) is 433 Å². The van der Waals surface area contributed by atoms with Gasteiger partial charge in [0.15, 0.2) is 12.2 Å². The van der Waals surface area contributed by atoms with Crippen LogP contribution in [0.2, 0.25) is 0 Å². The monoisotopic (exact) mass is 1450 g/mol. The first-order chi connectivity index (χ1) is 47.7. The lowest BCUT2D eigenvalue weighted by Crippen LogP contribution is -2.30. The fraction of sp³-hybridized carbons (Fsp3) is 0.950. The molecule has 0 radical (unpaired) electrons. The van der Waals surface area contributed by atoms with Crippen LogP contribution in [-0.2, 0) is 65.4 Å². The Kier molecular flexibility index (Phi) is 69.0. The molecule has 0 aromatic rings. The number of carbonyl (C=O) groups is 4. The molecule has 17 nitrogen and oxygen atoms in total. The van der Waals surface area contributed by atoms with E-state index in [9.17, 15) is 43.2 Å². The molecule has 99 heavy (non-hydrogen) atoms. The normalized spacial score (nSPS) is 14.0. The number of hydrogen-bond acceptors (Lipinski definition) is 15. The zero-order valence-corrected chi connectivity index (χ0v) is 66.8. The molecule has 0 spiro atoms. The number of aliphatic hydroxyl groups is 1. The van der Waals surface area contributed by atoms with Gasteiger partial charge in [-0.1, -0.05) is 363 Å². The lowest BCUT2D eigenvalue weighted by atomic mass is 10.0. The van der Waals surface area contributed by atoms with E-state index in [1.165, 1.54) is 218 Å². The van der Waals surface area contributed by atoms with Crippen LogP contribution in [0.15, 0.2) is 0 Å². The van der Waals surface area contributed by atoms with Crippen molar-refractivity contribution in [2.75, 3.05) is 39.6 Å². The minimum atomic E-state index is -4.96. The number of aliphatic hydroxyl groups excluding tert-OH is 1. The van der Waals surface area contributed by atoms with Gasteiger partial charge < -0.3 is 33.8 Å². The first-order valence-electron chi connectivity index (χ1n) is 41.3. The quantitative estimate of drug-likeness (QED) is 0.0222. The lowest BCUT2D eigenvalue weighted by molar-refractivity contribution is -0.161. The molecule has 0 fully saturated rings. The Hall–Kier alpha value is -1.94. The Bertz CT molecular complexity index is 1920. The second-order valence-electron chi connectivity index (χ2n) is 30.2. The van der Waals surface area contributed by atoms with Gasteiger partial charge in [-0.25, -0.2) is 9.13 Å². The van der Waals surface area contributed by atoms with Gasteiger partial charge in [-0.15, -0.1) is 0 Å². The highest BCUT2D eigenvalue weighted by Crippen LogP contribution is 2.45.